The highest BCUT2D eigenvalue weighted by Crippen LogP contribution is 2.21. The summed E-state index contributed by atoms with van der Waals surface area (Å²) in [5.41, 5.74) is 2.36. The van der Waals surface area contributed by atoms with E-state index in [1.54, 1.807) is 0 Å². The van der Waals surface area contributed by atoms with Crippen LogP contribution in [-0.4, -0.2) is 30.2 Å². The Labute approximate surface area is 160 Å². The lowest BCUT2D eigenvalue weighted by molar-refractivity contribution is -0.903. The number of hydrogen-bond donors (Lipinski definition) is 1. The Hall–Kier alpha value is -0.380. The molecule has 1 aromatic carbocycles. The molecule has 0 amide bonds. The van der Waals surface area contributed by atoms with E-state index in [0.29, 0.717) is 0 Å². The Morgan fingerprint density at radius 1 is 0.917 bits per heavy atom. The molecule has 1 atom stereocenters. The summed E-state index contributed by atoms with van der Waals surface area (Å²) in [6.45, 7) is 6.34. The summed E-state index contributed by atoms with van der Waals surface area (Å²) in [6.07, 6.45) is 10.6. The van der Waals surface area contributed by atoms with Gasteiger partial charge in [-0.1, -0.05) is 69.7 Å². The molecule has 0 aliphatic carbocycles. The molecule has 0 aliphatic heterocycles. The van der Waals surface area contributed by atoms with Gasteiger partial charge in [0.2, 0.25) is 0 Å². The molecule has 0 bridgehead atoms. The van der Waals surface area contributed by atoms with E-state index < -0.39 is 0 Å². The van der Waals surface area contributed by atoms with Crippen molar-refractivity contribution in [1.82, 2.24) is 0 Å². The molecule has 1 N–H and O–H groups in total. The summed E-state index contributed by atoms with van der Waals surface area (Å²) in [6, 6.07) is 8.31. The summed E-state index contributed by atoms with van der Waals surface area (Å²) in [5, 5.41) is 9.93. The fraction of sp³-hybridized carbons (Fsp3) is 0.714. The van der Waals surface area contributed by atoms with Crippen LogP contribution in [-0.2, 0) is 6.54 Å². The van der Waals surface area contributed by atoms with E-state index in [-0.39, 0.29) is 23.1 Å². The Bertz CT molecular complexity index is 432. The van der Waals surface area contributed by atoms with Crippen LogP contribution < -0.4 is 17.0 Å². The molecular formula is C21H38BrNO. The van der Waals surface area contributed by atoms with Gasteiger partial charge in [-0.05, 0) is 25.3 Å². The van der Waals surface area contributed by atoms with Gasteiger partial charge in [0.25, 0.3) is 0 Å². The van der Waals surface area contributed by atoms with Gasteiger partial charge in [-0.2, -0.15) is 0 Å². The van der Waals surface area contributed by atoms with Crippen LogP contribution in [0.2, 0.25) is 0 Å². The highest BCUT2D eigenvalue weighted by Gasteiger charge is 2.18. The summed E-state index contributed by atoms with van der Waals surface area (Å²) in [5.74, 6) is 0. The van der Waals surface area contributed by atoms with Gasteiger partial charge in [0.05, 0.1) is 26.7 Å². The van der Waals surface area contributed by atoms with Crippen molar-refractivity contribution in [3.05, 3.63) is 35.4 Å². The fourth-order valence-corrected chi connectivity index (χ4v) is 3.30. The van der Waals surface area contributed by atoms with Gasteiger partial charge < -0.3 is 26.6 Å². The molecule has 140 valence electrons. The monoisotopic (exact) mass is 399 g/mol. The van der Waals surface area contributed by atoms with Crippen molar-refractivity contribution in [2.75, 3.05) is 20.6 Å². The summed E-state index contributed by atoms with van der Waals surface area (Å²) < 4.78 is 1.000. The first kappa shape index (κ1) is 23.6. The van der Waals surface area contributed by atoms with Gasteiger partial charge >= 0.3 is 0 Å². The lowest BCUT2D eigenvalue weighted by atomic mass is 10.0. The fourth-order valence-electron chi connectivity index (χ4n) is 3.30. The molecule has 0 saturated carbocycles. The second-order valence-corrected chi connectivity index (χ2v) is 7.67. The number of benzene rings is 1. The molecule has 0 aliphatic rings. The lowest BCUT2D eigenvalue weighted by Gasteiger charge is -2.31. The third kappa shape index (κ3) is 9.80. The van der Waals surface area contributed by atoms with Gasteiger partial charge in [0, 0.05) is 5.56 Å². The molecule has 1 unspecified atom stereocenters. The summed E-state index contributed by atoms with van der Waals surface area (Å²) >= 11 is 0. The Kier molecular flexibility index (Phi) is 12.7. The van der Waals surface area contributed by atoms with E-state index in [4.69, 9.17) is 0 Å². The molecule has 0 aromatic heterocycles. The van der Waals surface area contributed by atoms with Crippen molar-refractivity contribution in [3.63, 3.8) is 0 Å². The maximum Gasteiger partial charge on any atom is 0.104 e. The molecule has 2 nitrogen and oxygen atoms in total. The molecule has 0 fully saturated rings. The minimum absolute atomic E-state index is 0. The van der Waals surface area contributed by atoms with E-state index in [1.165, 1.54) is 63.5 Å². The third-order valence-corrected chi connectivity index (χ3v) is 4.72. The van der Waals surface area contributed by atoms with Crippen molar-refractivity contribution >= 4 is 0 Å². The summed E-state index contributed by atoms with van der Waals surface area (Å²) in [7, 11) is 4.61. The van der Waals surface area contributed by atoms with Crippen LogP contribution in [0.1, 0.15) is 82.4 Å². The number of aliphatic hydroxyl groups is 1. The molecule has 0 radical (unpaired) electrons. The lowest BCUT2D eigenvalue weighted by Crippen LogP contribution is -3.00. The largest absolute Gasteiger partial charge is 1.00 e. The van der Waals surface area contributed by atoms with Crippen LogP contribution in [0.5, 0.6) is 0 Å². The van der Waals surface area contributed by atoms with Crippen LogP contribution in [0.3, 0.4) is 0 Å². The smallest absolute Gasteiger partial charge is 0.104 e. The number of nitrogens with zero attached hydrogens (tertiary/aromatic N) is 1. The van der Waals surface area contributed by atoms with Crippen molar-refractivity contribution in [1.29, 1.82) is 0 Å². The van der Waals surface area contributed by atoms with Gasteiger partial charge in [-0.15, -0.1) is 0 Å². The van der Waals surface area contributed by atoms with Crippen LogP contribution in [0.15, 0.2) is 24.3 Å². The minimum atomic E-state index is -0.380. The molecule has 0 heterocycles. The van der Waals surface area contributed by atoms with Crippen molar-refractivity contribution in [2.24, 2.45) is 0 Å². The second-order valence-electron chi connectivity index (χ2n) is 7.67. The number of quaternary nitrogens is 1. The first-order valence-electron chi connectivity index (χ1n) is 9.54. The van der Waals surface area contributed by atoms with Crippen LogP contribution in [0.4, 0.5) is 0 Å². The first-order valence-corrected chi connectivity index (χ1v) is 9.54. The highest BCUT2D eigenvalue weighted by molar-refractivity contribution is 5.28. The Morgan fingerprint density at radius 3 is 2.04 bits per heavy atom. The van der Waals surface area contributed by atoms with Crippen molar-refractivity contribution in [3.8, 4) is 0 Å². The van der Waals surface area contributed by atoms with E-state index >= 15 is 0 Å². The highest BCUT2D eigenvalue weighted by atomic mass is 79.9. The van der Waals surface area contributed by atoms with E-state index in [9.17, 15) is 5.11 Å². The normalized spacial score (nSPS) is 12.7. The van der Waals surface area contributed by atoms with Gasteiger partial charge in [-0.25, -0.2) is 0 Å². The molecule has 0 saturated heterocycles. The maximum atomic E-state index is 9.93. The molecule has 1 rings (SSSR count). The zero-order valence-corrected chi connectivity index (χ0v) is 17.8. The van der Waals surface area contributed by atoms with Crippen LogP contribution in [0.25, 0.3) is 0 Å². The molecule has 24 heavy (non-hydrogen) atoms. The average molecular weight is 400 g/mol. The predicted octanol–water partition coefficient (Wildman–Crippen LogP) is 2.46. The molecular weight excluding hydrogens is 362 g/mol. The number of halogens is 1. The molecule has 0 spiro atoms. The minimum Gasteiger partial charge on any atom is -1.00 e. The SMILES string of the molecule is CCCCCCCCCC[N+](C)(C)Cc1ccccc1C(C)O.[Br-]. The topological polar surface area (TPSA) is 20.2 Å². The second kappa shape index (κ2) is 12.9. The van der Waals surface area contributed by atoms with Gasteiger partial charge in [-0.3, -0.25) is 0 Å². The number of unbranched alkanes of at least 4 members (excludes halogenated alkanes) is 7. The Balaban J connectivity index is 0.00000529. The van der Waals surface area contributed by atoms with Crippen molar-refractivity contribution < 1.29 is 26.6 Å². The van der Waals surface area contributed by atoms with Gasteiger partial charge in [0.1, 0.15) is 6.54 Å². The number of aliphatic hydroxyl groups excluding tert-OH is 1. The average Bonchev–Trinajstić information content (AvgIpc) is 2.50. The van der Waals surface area contributed by atoms with E-state index in [0.717, 1.165) is 16.6 Å². The van der Waals surface area contributed by atoms with E-state index in [2.05, 4.69) is 39.2 Å². The van der Waals surface area contributed by atoms with Crippen molar-refractivity contribution in [2.45, 2.75) is 77.9 Å². The quantitative estimate of drug-likeness (QED) is 0.422. The third-order valence-electron chi connectivity index (χ3n) is 4.72. The maximum absolute atomic E-state index is 9.93. The van der Waals surface area contributed by atoms with Gasteiger partial charge in [0.15, 0.2) is 0 Å². The Morgan fingerprint density at radius 2 is 1.46 bits per heavy atom. The summed E-state index contributed by atoms with van der Waals surface area (Å²) in [4.78, 5) is 0. The zero-order valence-electron chi connectivity index (χ0n) is 16.2. The first-order chi connectivity index (χ1) is 11.0. The zero-order chi connectivity index (χ0) is 17.1. The molecule has 1 aromatic rings. The number of rotatable bonds is 12. The van der Waals surface area contributed by atoms with Crippen LogP contribution in [0, 0.1) is 0 Å². The van der Waals surface area contributed by atoms with Crippen LogP contribution >= 0.6 is 0 Å². The number of hydrogen-bond acceptors (Lipinski definition) is 1. The molecule has 3 heteroatoms. The standard InChI is InChI=1S/C21H38NO.BrH/c1-5-6-7-8-9-10-11-14-17-22(3,4)18-20-15-12-13-16-21(20)19(2)23;/h12-13,15-16,19,23H,5-11,14,17-18H2,1-4H3;1H/q+1;/p-1. The van der Waals surface area contributed by atoms with E-state index in [1.807, 2.05) is 13.0 Å². The predicted molar refractivity (Wildman–Crippen MR) is 100 cm³/mol.